The number of thiophene rings is 1. The number of aromatic nitrogens is 1. The molecule has 0 fully saturated rings. The molecule has 0 aliphatic rings. The fourth-order valence-corrected chi connectivity index (χ4v) is 4.20. The summed E-state index contributed by atoms with van der Waals surface area (Å²) >= 11 is 1.27. The summed E-state index contributed by atoms with van der Waals surface area (Å²) in [6, 6.07) is 14.7. The lowest BCUT2D eigenvalue weighted by Gasteiger charge is -2.09. The lowest BCUT2D eigenvalue weighted by molar-refractivity contribution is -0.115. The molecule has 4 rings (SSSR count). The standard InChI is InChI=1S/C23H20N2O5S/c1-3-29-23(27)21-17(14-8-10-15(28-2)11-9-14)13-31-22(21)24-20(26)12-18-16-6-4-5-7-19(16)30-25-18/h4-11,13H,3,12H2,1-2H3,(H,24,26). The zero-order valence-electron chi connectivity index (χ0n) is 17.0. The maximum absolute atomic E-state index is 12.7. The number of nitrogens with one attached hydrogen (secondary N) is 1. The van der Waals surface area contributed by atoms with Gasteiger partial charge >= 0.3 is 5.97 Å². The van der Waals surface area contributed by atoms with E-state index < -0.39 is 5.97 Å². The Balaban J connectivity index is 1.61. The summed E-state index contributed by atoms with van der Waals surface area (Å²) in [4.78, 5) is 25.4. The quantitative estimate of drug-likeness (QED) is 0.414. The van der Waals surface area contributed by atoms with Crippen LogP contribution in [0.2, 0.25) is 0 Å². The first-order valence-electron chi connectivity index (χ1n) is 9.67. The van der Waals surface area contributed by atoms with Crippen LogP contribution in [0.25, 0.3) is 22.1 Å². The smallest absolute Gasteiger partial charge is 0.341 e. The van der Waals surface area contributed by atoms with Gasteiger partial charge in [-0.1, -0.05) is 29.4 Å². The SMILES string of the molecule is CCOC(=O)c1c(-c2ccc(OC)cc2)csc1NC(=O)Cc1noc2ccccc12. The van der Waals surface area contributed by atoms with Gasteiger partial charge in [-0.2, -0.15) is 0 Å². The third kappa shape index (κ3) is 4.29. The number of methoxy groups -OCH3 is 1. The molecule has 0 atom stereocenters. The number of ether oxygens (including phenoxy) is 2. The lowest BCUT2D eigenvalue weighted by Crippen LogP contribution is -2.16. The second-order valence-corrected chi connectivity index (χ2v) is 7.53. The number of nitrogens with zero attached hydrogens (tertiary/aromatic N) is 1. The van der Waals surface area contributed by atoms with Crippen LogP contribution in [0, 0.1) is 0 Å². The summed E-state index contributed by atoms with van der Waals surface area (Å²) in [5.41, 5.74) is 3.00. The topological polar surface area (TPSA) is 90.7 Å². The first kappa shape index (κ1) is 20.6. The number of anilines is 1. The highest BCUT2D eigenvalue weighted by atomic mass is 32.1. The number of amides is 1. The molecular formula is C23H20N2O5S. The van der Waals surface area contributed by atoms with E-state index in [0.717, 1.165) is 10.9 Å². The Kier molecular flexibility index (Phi) is 5.99. The van der Waals surface area contributed by atoms with Crippen molar-refractivity contribution in [3.63, 3.8) is 0 Å². The van der Waals surface area contributed by atoms with Crippen LogP contribution in [-0.2, 0) is 16.0 Å². The van der Waals surface area contributed by atoms with E-state index in [-0.39, 0.29) is 18.9 Å². The van der Waals surface area contributed by atoms with Gasteiger partial charge in [0.05, 0.1) is 20.1 Å². The molecule has 0 saturated heterocycles. The van der Waals surface area contributed by atoms with Crippen LogP contribution in [0.3, 0.4) is 0 Å². The fraction of sp³-hybridized carbons (Fsp3) is 0.174. The van der Waals surface area contributed by atoms with Crippen LogP contribution in [0.15, 0.2) is 58.4 Å². The number of esters is 1. The summed E-state index contributed by atoms with van der Waals surface area (Å²) < 4.78 is 15.7. The van der Waals surface area contributed by atoms with Crippen LogP contribution in [-0.4, -0.2) is 30.7 Å². The van der Waals surface area contributed by atoms with Crippen LogP contribution >= 0.6 is 11.3 Å². The maximum Gasteiger partial charge on any atom is 0.341 e. The van der Waals surface area contributed by atoms with Gasteiger partial charge in [0.25, 0.3) is 0 Å². The van der Waals surface area contributed by atoms with E-state index in [1.165, 1.54) is 11.3 Å². The molecule has 0 saturated carbocycles. The Labute approximate surface area is 182 Å². The Morgan fingerprint density at radius 3 is 2.65 bits per heavy atom. The number of carbonyl (C=O) groups is 2. The third-order valence-electron chi connectivity index (χ3n) is 4.70. The van der Waals surface area contributed by atoms with E-state index in [9.17, 15) is 9.59 Å². The average Bonchev–Trinajstić information content (AvgIpc) is 3.38. The molecule has 7 nitrogen and oxygen atoms in total. The largest absolute Gasteiger partial charge is 0.497 e. The normalized spacial score (nSPS) is 10.8. The van der Waals surface area contributed by atoms with Crippen molar-refractivity contribution < 1.29 is 23.6 Å². The zero-order chi connectivity index (χ0) is 21.8. The predicted molar refractivity (Wildman–Crippen MR) is 119 cm³/mol. The molecule has 31 heavy (non-hydrogen) atoms. The molecule has 0 bridgehead atoms. The maximum atomic E-state index is 12.7. The fourth-order valence-electron chi connectivity index (χ4n) is 3.23. The van der Waals surface area contributed by atoms with Gasteiger partial charge in [0, 0.05) is 16.3 Å². The first-order valence-corrected chi connectivity index (χ1v) is 10.5. The number of rotatable bonds is 7. The van der Waals surface area contributed by atoms with Crippen molar-refractivity contribution in [2.45, 2.75) is 13.3 Å². The molecule has 0 spiro atoms. The molecular weight excluding hydrogens is 416 g/mol. The number of hydrogen-bond acceptors (Lipinski definition) is 7. The molecule has 2 aromatic heterocycles. The van der Waals surface area contributed by atoms with E-state index >= 15 is 0 Å². The number of fused-ring (bicyclic) bond motifs is 1. The van der Waals surface area contributed by atoms with E-state index in [4.69, 9.17) is 14.0 Å². The number of hydrogen-bond donors (Lipinski definition) is 1. The lowest BCUT2D eigenvalue weighted by atomic mass is 10.0. The number of para-hydroxylation sites is 1. The predicted octanol–water partition coefficient (Wildman–Crippen LogP) is 4.92. The molecule has 2 heterocycles. The second-order valence-electron chi connectivity index (χ2n) is 6.65. The van der Waals surface area contributed by atoms with E-state index in [1.54, 1.807) is 20.1 Å². The monoisotopic (exact) mass is 436 g/mol. The molecule has 0 aliphatic carbocycles. The minimum absolute atomic E-state index is 0.0229. The molecule has 4 aromatic rings. The van der Waals surface area contributed by atoms with Gasteiger partial charge in [0.1, 0.15) is 22.0 Å². The second kappa shape index (κ2) is 9.01. The summed E-state index contributed by atoms with van der Waals surface area (Å²) in [6.07, 6.45) is 0.0229. The highest BCUT2D eigenvalue weighted by Crippen LogP contribution is 2.37. The van der Waals surface area contributed by atoms with Gasteiger partial charge in [0.2, 0.25) is 5.91 Å². The van der Waals surface area contributed by atoms with Gasteiger partial charge in [-0.15, -0.1) is 11.3 Å². The zero-order valence-corrected chi connectivity index (χ0v) is 17.8. The van der Waals surface area contributed by atoms with Crippen LogP contribution < -0.4 is 10.1 Å². The summed E-state index contributed by atoms with van der Waals surface area (Å²) in [5.74, 6) is -0.0745. The molecule has 0 radical (unpaired) electrons. The van der Waals surface area contributed by atoms with Gasteiger partial charge in [-0.3, -0.25) is 4.79 Å². The Bertz CT molecular complexity index is 1230. The molecule has 158 valence electrons. The molecule has 0 aliphatic heterocycles. The van der Waals surface area contributed by atoms with Crippen molar-refractivity contribution in [1.29, 1.82) is 0 Å². The van der Waals surface area contributed by atoms with Crippen molar-refractivity contribution in [2.24, 2.45) is 0 Å². The highest BCUT2D eigenvalue weighted by molar-refractivity contribution is 7.15. The van der Waals surface area contributed by atoms with Crippen molar-refractivity contribution in [3.05, 3.63) is 65.2 Å². The molecule has 0 unspecified atom stereocenters. The minimum Gasteiger partial charge on any atom is -0.497 e. The number of carbonyl (C=O) groups excluding carboxylic acids is 2. The van der Waals surface area contributed by atoms with E-state index in [1.807, 2.05) is 47.8 Å². The Morgan fingerprint density at radius 1 is 1.13 bits per heavy atom. The Hall–Kier alpha value is -3.65. The summed E-state index contributed by atoms with van der Waals surface area (Å²) in [5, 5.41) is 9.88. The van der Waals surface area contributed by atoms with E-state index in [0.29, 0.717) is 33.2 Å². The summed E-state index contributed by atoms with van der Waals surface area (Å²) in [7, 11) is 1.59. The van der Waals surface area contributed by atoms with Gasteiger partial charge in [-0.25, -0.2) is 4.79 Å². The molecule has 8 heteroatoms. The molecule has 2 aromatic carbocycles. The van der Waals surface area contributed by atoms with Crippen LogP contribution in [0.5, 0.6) is 5.75 Å². The van der Waals surface area contributed by atoms with Crippen molar-refractivity contribution in [3.8, 4) is 16.9 Å². The number of benzene rings is 2. The average molecular weight is 436 g/mol. The van der Waals surface area contributed by atoms with Crippen molar-refractivity contribution in [1.82, 2.24) is 5.16 Å². The molecule has 1 amide bonds. The van der Waals surface area contributed by atoms with Crippen LogP contribution in [0.1, 0.15) is 23.0 Å². The molecule has 1 N–H and O–H groups in total. The third-order valence-corrected chi connectivity index (χ3v) is 5.60. The van der Waals surface area contributed by atoms with E-state index in [2.05, 4.69) is 10.5 Å². The van der Waals surface area contributed by atoms with Crippen molar-refractivity contribution in [2.75, 3.05) is 19.0 Å². The van der Waals surface area contributed by atoms with Gasteiger partial charge < -0.3 is 19.3 Å². The van der Waals surface area contributed by atoms with Gasteiger partial charge in [-0.05, 0) is 36.8 Å². The minimum atomic E-state index is -0.489. The summed E-state index contributed by atoms with van der Waals surface area (Å²) in [6.45, 7) is 1.97. The van der Waals surface area contributed by atoms with Crippen molar-refractivity contribution >= 4 is 39.2 Å². The first-order chi connectivity index (χ1) is 15.1. The highest BCUT2D eigenvalue weighted by Gasteiger charge is 2.23. The Morgan fingerprint density at radius 2 is 1.90 bits per heavy atom. The van der Waals surface area contributed by atoms with Gasteiger partial charge in [0.15, 0.2) is 5.58 Å². The van der Waals surface area contributed by atoms with Crippen LogP contribution in [0.4, 0.5) is 5.00 Å².